The first-order chi connectivity index (χ1) is 8.49. The highest BCUT2D eigenvalue weighted by molar-refractivity contribution is 6.29. The molecule has 1 heterocycles. The summed E-state index contributed by atoms with van der Waals surface area (Å²) in [6.07, 6.45) is 0. The first-order valence-corrected chi connectivity index (χ1v) is 6.12. The average molecular weight is 272 g/mol. The quantitative estimate of drug-likeness (QED) is 0.819. The normalized spacial score (nSPS) is 10.3. The monoisotopic (exact) mass is 271 g/mol. The molecule has 0 saturated carbocycles. The number of likely N-dealkylation sites (N-methyl/N-ethyl adjacent to an activating group) is 1. The van der Waals surface area contributed by atoms with Crippen LogP contribution in [-0.2, 0) is 0 Å². The maximum atomic E-state index is 12.2. The van der Waals surface area contributed by atoms with Crippen molar-refractivity contribution in [1.82, 2.24) is 9.88 Å². The van der Waals surface area contributed by atoms with Gasteiger partial charge in [0.1, 0.15) is 11.0 Å². The molecule has 1 N–H and O–H groups in total. The topological polar surface area (TPSA) is 56.7 Å². The molecule has 0 aliphatic carbocycles. The zero-order valence-electron chi connectivity index (χ0n) is 10.9. The minimum Gasteiger partial charge on any atom is -0.395 e. The molecule has 0 bridgehead atoms. The number of aliphatic hydroxyl groups is 1. The van der Waals surface area contributed by atoms with Crippen LogP contribution in [0.2, 0.25) is 5.15 Å². The second kappa shape index (κ2) is 6.56. The molecule has 1 aromatic rings. The molecule has 0 atom stereocenters. The summed E-state index contributed by atoms with van der Waals surface area (Å²) >= 11 is 5.91. The number of carbonyl (C=O) groups is 1. The molecule has 0 aliphatic rings. The maximum Gasteiger partial charge on any atom is 0.254 e. The molecule has 1 rings (SSSR count). The number of anilines is 1. The van der Waals surface area contributed by atoms with Gasteiger partial charge in [0, 0.05) is 32.7 Å². The molecule has 5 nitrogen and oxygen atoms in total. The van der Waals surface area contributed by atoms with Gasteiger partial charge in [-0.05, 0) is 19.1 Å². The summed E-state index contributed by atoms with van der Waals surface area (Å²) in [5.41, 5.74) is 0.481. The van der Waals surface area contributed by atoms with Gasteiger partial charge in [0.15, 0.2) is 0 Å². The van der Waals surface area contributed by atoms with Crippen LogP contribution in [0.3, 0.4) is 0 Å². The number of aromatic nitrogens is 1. The Bertz CT molecular complexity index is 424. The Kier molecular flexibility index (Phi) is 5.37. The van der Waals surface area contributed by atoms with Crippen molar-refractivity contribution in [2.45, 2.75) is 6.92 Å². The summed E-state index contributed by atoms with van der Waals surface area (Å²) in [4.78, 5) is 19.7. The summed E-state index contributed by atoms with van der Waals surface area (Å²) in [7, 11) is 3.66. The van der Waals surface area contributed by atoms with Gasteiger partial charge in [0.25, 0.3) is 5.91 Å². The van der Waals surface area contributed by atoms with E-state index >= 15 is 0 Å². The molecule has 0 aliphatic heterocycles. The molecule has 6 heteroatoms. The molecule has 18 heavy (non-hydrogen) atoms. The van der Waals surface area contributed by atoms with Crippen molar-refractivity contribution in [3.05, 3.63) is 22.8 Å². The van der Waals surface area contributed by atoms with Crippen LogP contribution in [0, 0.1) is 0 Å². The van der Waals surface area contributed by atoms with Gasteiger partial charge in [0.2, 0.25) is 0 Å². The van der Waals surface area contributed by atoms with Crippen LogP contribution < -0.4 is 4.90 Å². The van der Waals surface area contributed by atoms with Gasteiger partial charge in [0.05, 0.1) is 6.61 Å². The highest BCUT2D eigenvalue weighted by Gasteiger charge is 2.16. The van der Waals surface area contributed by atoms with Crippen molar-refractivity contribution >= 4 is 23.3 Å². The summed E-state index contributed by atoms with van der Waals surface area (Å²) in [6.45, 7) is 2.66. The lowest BCUT2D eigenvalue weighted by molar-refractivity contribution is 0.0732. The highest BCUT2D eigenvalue weighted by atomic mass is 35.5. The van der Waals surface area contributed by atoms with Gasteiger partial charge in [-0.15, -0.1) is 0 Å². The average Bonchev–Trinajstić information content (AvgIpc) is 2.34. The summed E-state index contributed by atoms with van der Waals surface area (Å²) in [5.74, 6) is 0.477. The van der Waals surface area contributed by atoms with Crippen LogP contribution >= 0.6 is 11.6 Å². The van der Waals surface area contributed by atoms with Crippen LogP contribution in [0.4, 0.5) is 5.82 Å². The van der Waals surface area contributed by atoms with E-state index < -0.39 is 0 Å². The van der Waals surface area contributed by atoms with Crippen LogP contribution in [0.15, 0.2) is 12.1 Å². The maximum absolute atomic E-state index is 12.2. The van der Waals surface area contributed by atoms with E-state index in [1.54, 1.807) is 15.9 Å². The van der Waals surface area contributed by atoms with Gasteiger partial charge in [-0.3, -0.25) is 4.79 Å². The third-order valence-corrected chi connectivity index (χ3v) is 2.72. The number of hydrogen-bond acceptors (Lipinski definition) is 4. The van der Waals surface area contributed by atoms with Gasteiger partial charge in [-0.1, -0.05) is 11.6 Å². The van der Waals surface area contributed by atoms with E-state index in [2.05, 4.69) is 4.98 Å². The Hall–Kier alpha value is -1.33. The SMILES string of the molecule is CCN(CCO)C(=O)c1cc(Cl)nc(N(C)C)c1. The number of halogens is 1. The molecule has 0 unspecified atom stereocenters. The molecule has 0 fully saturated rings. The highest BCUT2D eigenvalue weighted by Crippen LogP contribution is 2.17. The number of aliphatic hydroxyl groups excluding tert-OH is 1. The van der Waals surface area contributed by atoms with Crippen molar-refractivity contribution < 1.29 is 9.90 Å². The van der Waals surface area contributed by atoms with E-state index in [0.717, 1.165) is 0 Å². The largest absolute Gasteiger partial charge is 0.395 e. The van der Waals surface area contributed by atoms with Crippen molar-refractivity contribution in [2.75, 3.05) is 38.7 Å². The Labute approximate surface area is 112 Å². The summed E-state index contributed by atoms with van der Waals surface area (Å²) in [6, 6.07) is 3.23. The van der Waals surface area contributed by atoms with Gasteiger partial charge < -0.3 is 14.9 Å². The van der Waals surface area contributed by atoms with Gasteiger partial charge >= 0.3 is 0 Å². The van der Waals surface area contributed by atoms with Crippen LogP contribution in [0.1, 0.15) is 17.3 Å². The minimum atomic E-state index is -0.154. The second-order valence-corrected chi connectivity index (χ2v) is 4.43. The molecule has 0 saturated heterocycles. The number of pyridine rings is 1. The standard InChI is InChI=1S/C12H18ClN3O2/c1-4-16(5-6-17)12(18)9-7-10(13)14-11(8-9)15(2)3/h7-8,17H,4-6H2,1-3H3. The van der Waals surface area contributed by atoms with Gasteiger partial charge in [-0.2, -0.15) is 0 Å². The Morgan fingerprint density at radius 3 is 2.61 bits per heavy atom. The number of nitrogens with zero attached hydrogens (tertiary/aromatic N) is 3. The molecule has 100 valence electrons. The van der Waals surface area contributed by atoms with E-state index in [-0.39, 0.29) is 17.7 Å². The Morgan fingerprint density at radius 2 is 2.11 bits per heavy atom. The molecule has 1 amide bonds. The van der Waals surface area contributed by atoms with E-state index in [0.29, 0.717) is 24.5 Å². The molecule has 0 radical (unpaired) electrons. The predicted molar refractivity (Wildman–Crippen MR) is 72.2 cm³/mol. The number of carbonyl (C=O) groups excluding carboxylic acids is 1. The Balaban J connectivity index is 3.04. The number of hydrogen-bond donors (Lipinski definition) is 1. The van der Waals surface area contributed by atoms with E-state index in [1.807, 2.05) is 21.0 Å². The lowest BCUT2D eigenvalue weighted by Gasteiger charge is -2.20. The zero-order chi connectivity index (χ0) is 13.7. The smallest absolute Gasteiger partial charge is 0.254 e. The summed E-state index contributed by atoms with van der Waals surface area (Å²) < 4.78 is 0. The fourth-order valence-corrected chi connectivity index (χ4v) is 1.75. The number of rotatable bonds is 5. The van der Waals surface area contributed by atoms with Crippen LogP contribution in [-0.4, -0.2) is 54.7 Å². The van der Waals surface area contributed by atoms with E-state index in [4.69, 9.17) is 16.7 Å². The van der Waals surface area contributed by atoms with Gasteiger partial charge in [-0.25, -0.2) is 4.98 Å². The molecule has 1 aromatic heterocycles. The van der Waals surface area contributed by atoms with Crippen LogP contribution in [0.5, 0.6) is 0 Å². The van der Waals surface area contributed by atoms with Crippen molar-refractivity contribution in [3.8, 4) is 0 Å². The minimum absolute atomic E-state index is 0.0566. The third kappa shape index (κ3) is 3.58. The Morgan fingerprint density at radius 1 is 1.44 bits per heavy atom. The van der Waals surface area contributed by atoms with Crippen molar-refractivity contribution in [2.24, 2.45) is 0 Å². The zero-order valence-corrected chi connectivity index (χ0v) is 11.6. The third-order valence-electron chi connectivity index (χ3n) is 2.52. The summed E-state index contributed by atoms with van der Waals surface area (Å²) in [5, 5.41) is 9.20. The van der Waals surface area contributed by atoms with Crippen molar-refractivity contribution in [1.29, 1.82) is 0 Å². The second-order valence-electron chi connectivity index (χ2n) is 4.04. The molecular formula is C12H18ClN3O2. The first kappa shape index (κ1) is 14.7. The molecule has 0 spiro atoms. The fourth-order valence-electron chi connectivity index (χ4n) is 1.54. The molecular weight excluding hydrogens is 254 g/mol. The van der Waals surface area contributed by atoms with E-state index in [1.165, 1.54) is 6.07 Å². The first-order valence-electron chi connectivity index (χ1n) is 5.74. The van der Waals surface area contributed by atoms with E-state index in [9.17, 15) is 4.79 Å². The number of amides is 1. The van der Waals surface area contributed by atoms with Crippen molar-refractivity contribution in [3.63, 3.8) is 0 Å². The van der Waals surface area contributed by atoms with Crippen LogP contribution in [0.25, 0.3) is 0 Å². The lowest BCUT2D eigenvalue weighted by Crippen LogP contribution is -2.33. The fraction of sp³-hybridized carbons (Fsp3) is 0.500. The lowest BCUT2D eigenvalue weighted by atomic mass is 10.2. The predicted octanol–water partition coefficient (Wildman–Crippen LogP) is 1.26. The molecule has 0 aromatic carbocycles.